The molecule has 1 aromatic rings. The minimum absolute atomic E-state index is 0. The third kappa shape index (κ3) is 4.68. The lowest BCUT2D eigenvalue weighted by atomic mass is 9.91. The van der Waals surface area contributed by atoms with Gasteiger partial charge in [0.05, 0.1) is 6.61 Å². The molecule has 0 amide bonds. The van der Waals surface area contributed by atoms with E-state index in [0.29, 0.717) is 5.92 Å². The van der Waals surface area contributed by atoms with E-state index < -0.39 is 0 Å². The predicted molar refractivity (Wildman–Crippen MR) is 88.1 cm³/mol. The first-order valence-corrected chi connectivity index (χ1v) is 7.49. The number of rotatable bonds is 6. The van der Waals surface area contributed by atoms with Crippen LogP contribution >= 0.6 is 12.4 Å². The zero-order valence-corrected chi connectivity index (χ0v) is 13.9. The zero-order chi connectivity index (χ0) is 14.0. The minimum atomic E-state index is 0. The highest BCUT2D eigenvalue weighted by atomic mass is 35.5. The lowest BCUT2D eigenvalue weighted by Gasteiger charge is -2.19. The maximum Gasteiger partial charge on any atom is 0.122 e. The average Bonchev–Trinajstić information content (AvgIpc) is 3.10. The van der Waals surface area contributed by atoms with E-state index in [9.17, 15) is 0 Å². The average molecular weight is 298 g/mol. The highest BCUT2D eigenvalue weighted by Gasteiger charge is 2.22. The van der Waals surface area contributed by atoms with Crippen LogP contribution in [0.4, 0.5) is 0 Å². The van der Waals surface area contributed by atoms with Crippen LogP contribution in [0, 0.1) is 12.8 Å². The van der Waals surface area contributed by atoms with Crippen LogP contribution in [0.1, 0.15) is 56.2 Å². The second-order valence-corrected chi connectivity index (χ2v) is 6.41. The Balaban J connectivity index is 0.00000200. The third-order valence-electron chi connectivity index (χ3n) is 3.77. The van der Waals surface area contributed by atoms with Gasteiger partial charge in [0.25, 0.3) is 0 Å². The Labute approximate surface area is 129 Å². The number of benzene rings is 1. The monoisotopic (exact) mass is 297 g/mol. The number of ether oxygens (including phenoxy) is 1. The van der Waals surface area contributed by atoms with Gasteiger partial charge in [-0.3, -0.25) is 0 Å². The summed E-state index contributed by atoms with van der Waals surface area (Å²) in [6.07, 6.45) is 3.61. The van der Waals surface area contributed by atoms with Gasteiger partial charge in [-0.05, 0) is 67.7 Å². The third-order valence-corrected chi connectivity index (χ3v) is 3.77. The van der Waals surface area contributed by atoms with Crippen LogP contribution in [0.2, 0.25) is 0 Å². The molecule has 20 heavy (non-hydrogen) atoms. The molecule has 0 spiro atoms. The molecule has 1 aromatic carbocycles. The van der Waals surface area contributed by atoms with E-state index in [0.717, 1.165) is 24.7 Å². The fraction of sp³-hybridized carbons (Fsp3) is 0.647. The zero-order valence-electron chi connectivity index (χ0n) is 13.1. The Morgan fingerprint density at radius 3 is 2.40 bits per heavy atom. The van der Waals surface area contributed by atoms with Crippen molar-refractivity contribution in [3.05, 3.63) is 28.8 Å². The fourth-order valence-corrected chi connectivity index (χ4v) is 2.47. The minimum Gasteiger partial charge on any atom is -0.493 e. The maximum absolute atomic E-state index is 5.98. The van der Waals surface area contributed by atoms with Gasteiger partial charge in [-0.1, -0.05) is 19.9 Å². The molecule has 1 saturated carbocycles. The van der Waals surface area contributed by atoms with Gasteiger partial charge < -0.3 is 10.5 Å². The Morgan fingerprint density at radius 2 is 1.90 bits per heavy atom. The van der Waals surface area contributed by atoms with Crippen molar-refractivity contribution in [2.24, 2.45) is 11.7 Å². The van der Waals surface area contributed by atoms with Gasteiger partial charge in [0.15, 0.2) is 0 Å². The van der Waals surface area contributed by atoms with E-state index in [-0.39, 0.29) is 18.4 Å². The summed E-state index contributed by atoms with van der Waals surface area (Å²) >= 11 is 0. The lowest BCUT2D eigenvalue weighted by molar-refractivity contribution is 0.297. The topological polar surface area (TPSA) is 35.2 Å². The highest BCUT2D eigenvalue weighted by Crippen LogP contribution is 2.33. The quantitative estimate of drug-likeness (QED) is 0.853. The molecule has 2 N–H and O–H groups in total. The molecule has 114 valence electrons. The Hall–Kier alpha value is -0.730. The van der Waals surface area contributed by atoms with Gasteiger partial charge in [-0.15, -0.1) is 12.4 Å². The van der Waals surface area contributed by atoms with Crippen molar-refractivity contribution in [3.8, 4) is 5.75 Å². The summed E-state index contributed by atoms with van der Waals surface area (Å²) in [7, 11) is 0. The van der Waals surface area contributed by atoms with Crippen molar-refractivity contribution in [3.63, 3.8) is 0 Å². The van der Waals surface area contributed by atoms with E-state index >= 15 is 0 Å². The molecule has 2 nitrogen and oxygen atoms in total. The predicted octanol–water partition coefficient (Wildman–Crippen LogP) is 4.22. The van der Waals surface area contributed by atoms with E-state index in [1.54, 1.807) is 0 Å². The van der Waals surface area contributed by atoms with Gasteiger partial charge in [-0.2, -0.15) is 0 Å². The molecule has 1 unspecified atom stereocenters. The molecule has 0 aromatic heterocycles. The summed E-state index contributed by atoms with van der Waals surface area (Å²) < 4.78 is 5.98. The number of hydrogen-bond donors (Lipinski definition) is 1. The van der Waals surface area contributed by atoms with Crippen molar-refractivity contribution in [2.45, 2.75) is 58.9 Å². The second-order valence-electron chi connectivity index (χ2n) is 6.41. The number of aryl methyl sites for hydroxylation is 1. The second kappa shape index (κ2) is 7.33. The molecule has 2 rings (SSSR count). The molecule has 0 bridgehead atoms. The van der Waals surface area contributed by atoms with Crippen molar-refractivity contribution in [2.75, 3.05) is 6.61 Å². The van der Waals surface area contributed by atoms with Crippen LogP contribution < -0.4 is 10.5 Å². The van der Waals surface area contributed by atoms with E-state index in [1.807, 2.05) is 0 Å². The normalized spacial score (nSPS) is 15.9. The van der Waals surface area contributed by atoms with E-state index in [2.05, 4.69) is 39.8 Å². The largest absolute Gasteiger partial charge is 0.493 e. The highest BCUT2D eigenvalue weighted by molar-refractivity contribution is 5.85. The summed E-state index contributed by atoms with van der Waals surface area (Å²) in [4.78, 5) is 0. The summed E-state index contributed by atoms with van der Waals surface area (Å²) in [6, 6.07) is 4.70. The van der Waals surface area contributed by atoms with Crippen LogP contribution in [0.15, 0.2) is 12.1 Å². The molecule has 1 fully saturated rings. The smallest absolute Gasteiger partial charge is 0.122 e. The summed E-state index contributed by atoms with van der Waals surface area (Å²) in [5.41, 5.74) is 9.95. The molecular weight excluding hydrogens is 270 g/mol. The molecule has 0 heterocycles. The molecule has 3 heteroatoms. The SMILES string of the molecule is Cc1cc(CC(C)N)c(C(C)C)cc1OCC1CC1.Cl. The Bertz CT molecular complexity index is 439. The molecule has 1 atom stereocenters. The van der Waals surface area contributed by atoms with Crippen LogP contribution in [-0.4, -0.2) is 12.6 Å². The van der Waals surface area contributed by atoms with Crippen molar-refractivity contribution >= 4 is 12.4 Å². The van der Waals surface area contributed by atoms with E-state index in [4.69, 9.17) is 10.5 Å². The fourth-order valence-electron chi connectivity index (χ4n) is 2.47. The first kappa shape index (κ1) is 17.3. The Kier molecular flexibility index (Phi) is 6.35. The van der Waals surface area contributed by atoms with Gasteiger partial charge in [-0.25, -0.2) is 0 Å². The molecule has 0 radical (unpaired) electrons. The van der Waals surface area contributed by atoms with Gasteiger partial charge in [0.2, 0.25) is 0 Å². The van der Waals surface area contributed by atoms with Crippen molar-refractivity contribution < 1.29 is 4.74 Å². The Morgan fingerprint density at radius 1 is 1.25 bits per heavy atom. The summed E-state index contributed by atoms with van der Waals surface area (Å²) in [5.74, 6) is 2.37. The van der Waals surface area contributed by atoms with Crippen LogP contribution in [0.3, 0.4) is 0 Å². The first-order valence-electron chi connectivity index (χ1n) is 7.49. The number of nitrogens with two attached hydrogens (primary N) is 1. The molecule has 0 saturated heterocycles. The van der Waals surface area contributed by atoms with E-state index in [1.165, 1.54) is 29.5 Å². The number of halogens is 1. The molecule has 1 aliphatic rings. The van der Waals surface area contributed by atoms with Gasteiger partial charge in [0.1, 0.15) is 5.75 Å². The van der Waals surface area contributed by atoms with Crippen molar-refractivity contribution in [1.82, 2.24) is 0 Å². The molecule has 1 aliphatic carbocycles. The summed E-state index contributed by atoms with van der Waals surface area (Å²) in [6.45, 7) is 9.55. The van der Waals surface area contributed by atoms with Gasteiger partial charge in [0, 0.05) is 6.04 Å². The van der Waals surface area contributed by atoms with Crippen LogP contribution in [-0.2, 0) is 6.42 Å². The first-order chi connectivity index (χ1) is 8.97. The number of hydrogen-bond acceptors (Lipinski definition) is 2. The van der Waals surface area contributed by atoms with Gasteiger partial charge >= 0.3 is 0 Å². The lowest BCUT2D eigenvalue weighted by Crippen LogP contribution is -2.19. The molecule has 0 aliphatic heterocycles. The van der Waals surface area contributed by atoms with Crippen molar-refractivity contribution in [1.29, 1.82) is 0 Å². The standard InChI is InChI=1S/C17H27NO.ClH/c1-11(2)16-9-17(19-10-14-5-6-14)12(3)7-15(16)8-13(4)18;/h7,9,11,13-14H,5-6,8,10,18H2,1-4H3;1H. The summed E-state index contributed by atoms with van der Waals surface area (Å²) in [5, 5.41) is 0. The molecular formula is C17H28ClNO. The van der Waals surface area contributed by atoms with Crippen LogP contribution in [0.25, 0.3) is 0 Å². The van der Waals surface area contributed by atoms with Crippen LogP contribution in [0.5, 0.6) is 5.75 Å². The maximum atomic E-state index is 5.98.